The average molecular weight is 567 g/mol. The van der Waals surface area contributed by atoms with Crippen LogP contribution in [0.3, 0.4) is 0 Å². The van der Waals surface area contributed by atoms with E-state index in [2.05, 4.69) is 10.1 Å². The molecular weight excluding hydrogens is 523 g/mol. The van der Waals surface area contributed by atoms with E-state index >= 15 is 0 Å². The van der Waals surface area contributed by atoms with E-state index in [1.54, 1.807) is 6.07 Å². The highest BCUT2D eigenvalue weighted by atomic mass is 19.1. The lowest BCUT2D eigenvalue weighted by Gasteiger charge is -2.31. The summed E-state index contributed by atoms with van der Waals surface area (Å²) in [6.07, 6.45) is 6.34. The molecule has 2 aromatic heterocycles. The van der Waals surface area contributed by atoms with Crippen molar-refractivity contribution in [2.45, 2.75) is 97.6 Å². The van der Waals surface area contributed by atoms with Gasteiger partial charge in [0.25, 0.3) is 5.56 Å². The van der Waals surface area contributed by atoms with Gasteiger partial charge in [-0.15, -0.1) is 0 Å². The van der Waals surface area contributed by atoms with E-state index in [4.69, 9.17) is 14.2 Å². The minimum absolute atomic E-state index is 0.0627. The third kappa shape index (κ3) is 6.78. The molecule has 3 aromatic rings. The molecule has 4 heterocycles. The minimum atomic E-state index is -0.318. The number of unbranched alkanes of at least 4 members (excludes halogenated alkanes) is 1. The van der Waals surface area contributed by atoms with Gasteiger partial charge in [-0.3, -0.25) is 14.2 Å². The lowest BCUT2D eigenvalue weighted by Crippen LogP contribution is -2.38. The van der Waals surface area contributed by atoms with Gasteiger partial charge in [-0.2, -0.15) is 0 Å². The first-order chi connectivity index (χ1) is 19.6. The average Bonchev–Trinajstić information content (AvgIpc) is 3.35. The highest BCUT2D eigenvalue weighted by Gasteiger charge is 2.28. The normalized spacial score (nSPS) is 18.6. The zero-order chi connectivity index (χ0) is 29.1. The van der Waals surface area contributed by atoms with Crippen molar-refractivity contribution in [3.63, 3.8) is 0 Å². The van der Waals surface area contributed by atoms with Crippen LogP contribution in [0.1, 0.15) is 101 Å². The van der Waals surface area contributed by atoms with E-state index in [0.29, 0.717) is 31.6 Å². The summed E-state index contributed by atoms with van der Waals surface area (Å²) in [5, 5.41) is 5.15. The van der Waals surface area contributed by atoms with Crippen LogP contribution in [-0.2, 0) is 22.5 Å². The van der Waals surface area contributed by atoms with Gasteiger partial charge < -0.3 is 14.2 Å². The number of hydrogen-bond donors (Lipinski definition) is 0. The highest BCUT2D eigenvalue weighted by molar-refractivity contribution is 5.83. The van der Waals surface area contributed by atoms with Crippen molar-refractivity contribution < 1.29 is 18.4 Å². The van der Waals surface area contributed by atoms with E-state index in [1.807, 2.05) is 32.3 Å². The number of Topliss-reactive ketones (excluding diaryl/α,β-unsaturated/α-hetero) is 1. The van der Waals surface area contributed by atoms with Crippen LogP contribution in [0.4, 0.5) is 4.39 Å². The topological polar surface area (TPSA) is 90.5 Å². The molecule has 41 heavy (non-hydrogen) atoms. The number of carbonyl (C=O) groups is 1. The summed E-state index contributed by atoms with van der Waals surface area (Å²) in [5.74, 6) is 0.991. The molecular formula is C32H43FN4O4. The molecule has 5 rings (SSSR count). The van der Waals surface area contributed by atoms with Gasteiger partial charge in [0.15, 0.2) is 5.58 Å². The van der Waals surface area contributed by atoms with Crippen molar-refractivity contribution in [2.24, 2.45) is 5.41 Å². The van der Waals surface area contributed by atoms with Crippen LogP contribution in [0.2, 0.25) is 0 Å². The molecule has 0 spiro atoms. The molecule has 9 heteroatoms. The molecule has 2 aliphatic heterocycles. The van der Waals surface area contributed by atoms with Crippen LogP contribution in [0, 0.1) is 18.2 Å². The van der Waals surface area contributed by atoms with Gasteiger partial charge in [0, 0.05) is 60.2 Å². The smallest absolute Gasteiger partial charge is 0.257 e. The van der Waals surface area contributed by atoms with Crippen molar-refractivity contribution in [3.8, 4) is 0 Å². The summed E-state index contributed by atoms with van der Waals surface area (Å²) in [6, 6.07) is 4.60. The largest absolute Gasteiger partial charge is 0.370 e. The number of carbonyl (C=O) groups excluding carboxylic acids is 1. The first-order valence-electron chi connectivity index (χ1n) is 15.1. The number of benzene rings is 1. The second kappa shape index (κ2) is 12.5. The van der Waals surface area contributed by atoms with Gasteiger partial charge in [-0.25, -0.2) is 9.37 Å². The third-order valence-corrected chi connectivity index (χ3v) is 8.70. The van der Waals surface area contributed by atoms with E-state index < -0.39 is 0 Å². The van der Waals surface area contributed by atoms with Crippen molar-refractivity contribution in [3.05, 3.63) is 57.1 Å². The molecule has 1 atom stereocenters. The summed E-state index contributed by atoms with van der Waals surface area (Å²) >= 11 is 0. The Morgan fingerprint density at radius 2 is 1.93 bits per heavy atom. The Morgan fingerprint density at radius 1 is 1.15 bits per heavy atom. The SMILES string of the molecule is Cc1nc2n(c(=O)c1CCN1CCC(c3noc4cc(F)ccc34)CC1)CCCC2OCCCCC(=O)C(C)(C)C. The number of aromatic nitrogens is 3. The summed E-state index contributed by atoms with van der Waals surface area (Å²) in [5.41, 5.74) is 2.77. The maximum absolute atomic E-state index is 13.5. The number of nitrogens with zero attached hydrogens (tertiary/aromatic N) is 4. The Labute approximate surface area is 241 Å². The van der Waals surface area contributed by atoms with Gasteiger partial charge in [0.1, 0.15) is 23.5 Å². The summed E-state index contributed by atoms with van der Waals surface area (Å²) in [4.78, 5) is 33.0. The van der Waals surface area contributed by atoms with Crippen LogP contribution >= 0.6 is 0 Å². The highest BCUT2D eigenvalue weighted by Crippen LogP contribution is 2.33. The lowest BCUT2D eigenvalue weighted by atomic mass is 9.88. The first-order valence-corrected chi connectivity index (χ1v) is 15.1. The summed E-state index contributed by atoms with van der Waals surface area (Å²) in [7, 11) is 0. The quantitative estimate of drug-likeness (QED) is 0.283. The lowest BCUT2D eigenvalue weighted by molar-refractivity contribution is -0.126. The van der Waals surface area contributed by atoms with Crippen LogP contribution in [0.25, 0.3) is 11.0 Å². The van der Waals surface area contributed by atoms with Crippen LogP contribution < -0.4 is 5.56 Å². The molecule has 0 N–H and O–H groups in total. The fraction of sp³-hybridized carbons (Fsp3) is 0.625. The van der Waals surface area contributed by atoms with E-state index in [0.717, 1.165) is 86.3 Å². The number of ether oxygens (including phenoxy) is 1. The molecule has 0 saturated carbocycles. The molecule has 0 radical (unpaired) electrons. The van der Waals surface area contributed by atoms with Crippen LogP contribution in [-0.4, -0.2) is 51.6 Å². The van der Waals surface area contributed by atoms with Gasteiger partial charge in [-0.1, -0.05) is 25.9 Å². The standard InChI is InChI=1S/C32H43FN4O4/c1-21-24(14-18-36-16-12-22(13-17-36)29-25-11-10-23(33)20-27(25)41-35-29)31(39)37-15-7-8-26(30(37)34-21)40-19-6-5-9-28(38)32(2,3)4/h10-11,20,22,26H,5-9,12-19H2,1-4H3. The predicted molar refractivity (Wildman–Crippen MR) is 156 cm³/mol. The number of likely N-dealkylation sites (tertiary alicyclic amines) is 1. The Hall–Kier alpha value is -2.91. The molecule has 0 bridgehead atoms. The minimum Gasteiger partial charge on any atom is -0.370 e. The Kier molecular flexibility index (Phi) is 9.04. The van der Waals surface area contributed by atoms with E-state index in [1.165, 1.54) is 12.1 Å². The molecule has 0 aliphatic carbocycles. The third-order valence-electron chi connectivity index (χ3n) is 8.70. The molecule has 222 valence electrons. The molecule has 1 fully saturated rings. The first kappa shape index (κ1) is 29.6. The fourth-order valence-electron chi connectivity index (χ4n) is 6.11. The number of piperidine rings is 1. The van der Waals surface area contributed by atoms with Gasteiger partial charge >= 0.3 is 0 Å². The number of ketones is 1. The van der Waals surface area contributed by atoms with Crippen molar-refractivity contribution in [2.75, 3.05) is 26.2 Å². The van der Waals surface area contributed by atoms with Crippen LogP contribution in [0.15, 0.2) is 27.5 Å². The van der Waals surface area contributed by atoms with Gasteiger partial charge in [0.2, 0.25) is 0 Å². The number of aryl methyl sites for hydroxylation is 1. The summed E-state index contributed by atoms with van der Waals surface area (Å²) < 4.78 is 26.9. The van der Waals surface area contributed by atoms with Gasteiger partial charge in [0.05, 0.1) is 5.69 Å². The number of fused-ring (bicyclic) bond motifs is 2. The van der Waals surface area contributed by atoms with Crippen molar-refractivity contribution in [1.29, 1.82) is 0 Å². The zero-order valence-corrected chi connectivity index (χ0v) is 24.9. The zero-order valence-electron chi connectivity index (χ0n) is 24.9. The molecule has 1 aromatic carbocycles. The summed E-state index contributed by atoms with van der Waals surface area (Å²) in [6.45, 7) is 11.7. The fourth-order valence-corrected chi connectivity index (χ4v) is 6.11. The van der Waals surface area contributed by atoms with Gasteiger partial charge in [-0.05, 0) is 77.1 Å². The molecule has 1 unspecified atom stereocenters. The van der Waals surface area contributed by atoms with Crippen molar-refractivity contribution in [1.82, 2.24) is 19.6 Å². The molecule has 1 saturated heterocycles. The number of hydrogen-bond acceptors (Lipinski definition) is 7. The van der Waals surface area contributed by atoms with Crippen LogP contribution in [0.5, 0.6) is 0 Å². The molecule has 0 amide bonds. The van der Waals surface area contributed by atoms with E-state index in [9.17, 15) is 14.0 Å². The molecule has 8 nitrogen and oxygen atoms in total. The van der Waals surface area contributed by atoms with E-state index in [-0.39, 0.29) is 34.6 Å². The number of rotatable bonds is 10. The Bertz CT molecular complexity index is 1430. The predicted octanol–water partition coefficient (Wildman–Crippen LogP) is 5.89. The molecule has 2 aliphatic rings. The second-order valence-corrected chi connectivity index (χ2v) is 12.7. The number of halogens is 1. The monoisotopic (exact) mass is 566 g/mol. The second-order valence-electron chi connectivity index (χ2n) is 12.7. The maximum Gasteiger partial charge on any atom is 0.257 e. The Morgan fingerprint density at radius 3 is 2.68 bits per heavy atom. The van der Waals surface area contributed by atoms with Crippen molar-refractivity contribution >= 4 is 16.8 Å². The Balaban J connectivity index is 1.14. The maximum atomic E-state index is 13.5.